The van der Waals surface area contributed by atoms with E-state index in [1.807, 2.05) is 74.3 Å². The van der Waals surface area contributed by atoms with E-state index in [9.17, 15) is 4.79 Å². The Hall–Kier alpha value is -8.42. The van der Waals surface area contributed by atoms with Gasteiger partial charge in [-0.2, -0.15) is 29.8 Å². The van der Waals surface area contributed by atoms with Gasteiger partial charge in [0.1, 0.15) is 51.1 Å². The van der Waals surface area contributed by atoms with E-state index in [-0.39, 0.29) is 19.6 Å². The number of ether oxygens (including phenoxy) is 3. The highest BCUT2D eigenvalue weighted by Crippen LogP contribution is 2.44. The largest absolute Gasteiger partial charge is 0.496 e. The molecule has 10 aromatic rings. The van der Waals surface area contributed by atoms with Crippen LogP contribution in [0.4, 0.5) is 5.82 Å². The number of nitrogens with zero attached hydrogens (tertiary/aromatic N) is 10. The summed E-state index contributed by atoms with van der Waals surface area (Å²) in [6.07, 6.45) is 5.72. The van der Waals surface area contributed by atoms with E-state index in [1.54, 1.807) is 14.2 Å². The van der Waals surface area contributed by atoms with Gasteiger partial charge in [0.05, 0.1) is 59.2 Å². The first-order valence-electron chi connectivity index (χ1n) is 24.0. The summed E-state index contributed by atoms with van der Waals surface area (Å²) in [5.74, 6) is 5.55. The predicted octanol–water partition coefficient (Wildman–Crippen LogP) is 10.4. The second-order valence-electron chi connectivity index (χ2n) is 18.0. The molecule has 0 amide bonds. The van der Waals surface area contributed by atoms with Crippen molar-refractivity contribution in [3.63, 3.8) is 0 Å². The summed E-state index contributed by atoms with van der Waals surface area (Å²) in [4.78, 5) is 51.8. The lowest BCUT2D eigenvalue weighted by Gasteiger charge is -2.10. The number of methoxy groups -OCH3 is 2. The molecule has 22 heteroatoms. The van der Waals surface area contributed by atoms with Crippen LogP contribution in [0.15, 0.2) is 45.4 Å². The van der Waals surface area contributed by atoms with Crippen LogP contribution in [0.2, 0.25) is 5.15 Å². The van der Waals surface area contributed by atoms with Crippen molar-refractivity contribution in [3.05, 3.63) is 93.1 Å². The van der Waals surface area contributed by atoms with Crippen LogP contribution in [0.1, 0.15) is 110 Å². The molecule has 0 bridgehead atoms. The Morgan fingerprint density at radius 1 is 0.733 bits per heavy atom. The van der Waals surface area contributed by atoms with Gasteiger partial charge in [-0.15, -0.1) is 0 Å². The van der Waals surface area contributed by atoms with Crippen LogP contribution in [-0.2, 0) is 33.9 Å². The highest BCUT2D eigenvalue weighted by Gasteiger charge is 2.29. The molecule has 8 aromatic heterocycles. The number of nitrogen functional groups attached to an aromatic ring is 1. The Kier molecular flexibility index (Phi) is 15.5. The highest BCUT2D eigenvalue weighted by atomic mass is 35.5. The molecule has 0 aliphatic heterocycles. The Balaban J connectivity index is 0.000000164. The van der Waals surface area contributed by atoms with Crippen LogP contribution < -0.4 is 19.9 Å². The smallest absolute Gasteiger partial charge is 0.373 e. The molecule has 2 aromatic carbocycles. The van der Waals surface area contributed by atoms with Crippen LogP contribution >= 0.6 is 11.6 Å². The zero-order valence-corrected chi connectivity index (χ0v) is 43.1. The number of carbonyl (C=O) groups excluding carboxylic acids is 3. The number of halogens is 1. The maximum atomic E-state index is 11.1. The molecular formula is C53H58ClN13O8. The molecule has 0 radical (unpaired) electrons. The number of hydrogen-bond donors (Lipinski definition) is 3. The molecule has 21 nitrogen and oxygen atoms in total. The van der Waals surface area contributed by atoms with Gasteiger partial charge in [0.2, 0.25) is 0 Å². The molecule has 2 aliphatic carbocycles. The maximum absolute atomic E-state index is 11.1. The van der Waals surface area contributed by atoms with Gasteiger partial charge in [-0.25, -0.2) is 9.97 Å². The number of nitrogens with two attached hydrogens (primary N) is 1. The molecule has 75 heavy (non-hydrogen) atoms. The van der Waals surface area contributed by atoms with Crippen LogP contribution in [-0.4, -0.2) is 86.6 Å². The molecule has 8 heterocycles. The first-order chi connectivity index (χ1) is 35.7. The fourth-order valence-electron chi connectivity index (χ4n) is 9.38. The standard InChI is InChI=1S/C26H26N6O4.C17H15ClN4O2.C8H13N3.CO2.CH4/c1-5-32-16(8-19(30-32)15-6-7-15)9-21-24-17-11-22(34-4)18(23-13(2)31-36-14(23)3)10-20(17)27-25(24)29-26(28-21)35-12-33;1-7-14(8(2)24-22-7)11-5-12-10(6-13(11)23-4)15-16(18)19-9(3)20-17(15)21-12;1-2-11-8(9)5-7(10-11)6-3-4-6;2-1-3;/h8,10-12,15H,5-7,9H2,1-4H3,(H,27,28,29);5-6H,1-4H3,(H,19,20,21);5-6H,2-4,9H2,1H3;;1H4. The average Bonchev–Trinajstić information content (AvgIpc) is 4.17. The molecule has 0 spiro atoms. The number of anilines is 1. The molecule has 0 saturated heterocycles. The van der Waals surface area contributed by atoms with Gasteiger partial charge in [-0.3, -0.25) is 14.2 Å². The topological polar surface area (TPSA) is 276 Å². The third kappa shape index (κ3) is 10.5. The summed E-state index contributed by atoms with van der Waals surface area (Å²) in [7, 11) is 3.28. The van der Waals surface area contributed by atoms with Crippen molar-refractivity contribution >= 4 is 73.9 Å². The fourth-order valence-corrected chi connectivity index (χ4v) is 9.69. The van der Waals surface area contributed by atoms with Crippen molar-refractivity contribution in [2.45, 2.75) is 113 Å². The van der Waals surface area contributed by atoms with Crippen molar-refractivity contribution in [3.8, 4) is 39.8 Å². The molecule has 0 unspecified atom stereocenters. The first kappa shape index (κ1) is 52.9. The van der Waals surface area contributed by atoms with E-state index in [4.69, 9.17) is 55.3 Å². The zero-order valence-electron chi connectivity index (χ0n) is 42.3. The Morgan fingerprint density at radius 3 is 1.71 bits per heavy atom. The number of aryl methyl sites for hydroxylation is 7. The van der Waals surface area contributed by atoms with E-state index >= 15 is 0 Å². The van der Waals surface area contributed by atoms with E-state index in [0.717, 1.165) is 114 Å². The Labute approximate surface area is 435 Å². The molecule has 2 aliphatic rings. The lowest BCUT2D eigenvalue weighted by molar-refractivity contribution is -0.191. The van der Waals surface area contributed by atoms with Crippen molar-refractivity contribution in [2.75, 3.05) is 20.0 Å². The summed E-state index contributed by atoms with van der Waals surface area (Å²) in [6.45, 7) is 15.5. The lowest BCUT2D eigenvalue weighted by atomic mass is 10.00. The second kappa shape index (κ2) is 22.0. The SMILES string of the molecule is C.CCn1nc(C2CC2)cc1Cc1nc(OC=O)nc2[nH]c3cc(-c4c(C)noc4C)c(OC)cc3c12.CCn1nc(C2CC2)cc1N.COc1cc2c(cc1-c1c(C)noc1C)[nH]c1nc(C)nc(Cl)c12.O=C=O. The molecule has 2 saturated carbocycles. The highest BCUT2D eigenvalue weighted by molar-refractivity contribution is 6.36. The number of carbonyl (C=O) groups is 1. The van der Waals surface area contributed by atoms with Gasteiger partial charge >= 0.3 is 18.6 Å². The minimum Gasteiger partial charge on any atom is -0.496 e. The van der Waals surface area contributed by atoms with E-state index in [2.05, 4.69) is 65.2 Å². The number of H-pyrrole nitrogens is 2. The van der Waals surface area contributed by atoms with Crippen LogP contribution in [0.5, 0.6) is 17.5 Å². The number of aromatic nitrogens is 12. The van der Waals surface area contributed by atoms with E-state index in [0.29, 0.717) is 58.5 Å². The summed E-state index contributed by atoms with van der Waals surface area (Å²) in [5, 5.41) is 21.2. The normalized spacial score (nSPS) is 12.8. The average molecular weight is 1040 g/mol. The summed E-state index contributed by atoms with van der Waals surface area (Å²) in [6, 6.07) is 12.1. The van der Waals surface area contributed by atoms with Crippen LogP contribution in [0, 0.1) is 34.6 Å². The van der Waals surface area contributed by atoms with Crippen molar-refractivity contribution in [1.82, 2.24) is 59.8 Å². The number of benzene rings is 2. The first-order valence-corrected chi connectivity index (χ1v) is 24.4. The predicted molar refractivity (Wildman–Crippen MR) is 281 cm³/mol. The Bertz CT molecular complexity index is 3720. The number of fused-ring (bicyclic) bond motifs is 6. The fraction of sp³-hybridized carbons (Fsp3) is 0.358. The third-order valence-corrected chi connectivity index (χ3v) is 13.3. The van der Waals surface area contributed by atoms with Gasteiger partial charge in [-0.1, -0.05) is 29.3 Å². The third-order valence-electron chi connectivity index (χ3n) is 13.1. The molecule has 2 fully saturated rings. The van der Waals surface area contributed by atoms with E-state index < -0.39 is 0 Å². The van der Waals surface area contributed by atoms with Gasteiger partial charge in [0.25, 0.3) is 0 Å². The monoisotopic (exact) mass is 1040 g/mol. The summed E-state index contributed by atoms with van der Waals surface area (Å²) >= 11 is 6.33. The molecule has 390 valence electrons. The van der Waals surface area contributed by atoms with Gasteiger partial charge in [-0.05, 0) is 104 Å². The van der Waals surface area contributed by atoms with Crippen molar-refractivity contribution in [2.24, 2.45) is 0 Å². The maximum Gasteiger partial charge on any atom is 0.373 e. The van der Waals surface area contributed by atoms with Gasteiger partial charge in [0.15, 0.2) is 0 Å². The number of nitrogens with one attached hydrogen (secondary N) is 2. The van der Waals surface area contributed by atoms with Crippen LogP contribution in [0.25, 0.3) is 66.1 Å². The second-order valence-corrected chi connectivity index (χ2v) is 18.4. The number of hydrogen-bond acceptors (Lipinski definition) is 17. The summed E-state index contributed by atoms with van der Waals surface area (Å²) in [5.41, 5.74) is 18.1. The van der Waals surface area contributed by atoms with Crippen LogP contribution in [0.3, 0.4) is 0 Å². The number of rotatable bonds is 12. The van der Waals surface area contributed by atoms with Gasteiger partial charge in [0, 0.05) is 81.4 Å². The van der Waals surface area contributed by atoms with Gasteiger partial charge < -0.3 is 39.0 Å². The quantitative estimate of drug-likeness (QED) is 0.0757. The minimum absolute atomic E-state index is 0. The minimum atomic E-state index is 0. The van der Waals surface area contributed by atoms with Crippen molar-refractivity contribution in [1.29, 1.82) is 0 Å². The van der Waals surface area contributed by atoms with Crippen molar-refractivity contribution < 1.29 is 37.6 Å². The van der Waals surface area contributed by atoms with E-state index in [1.165, 1.54) is 31.4 Å². The number of aromatic amines is 2. The molecule has 12 rings (SSSR count). The molecular weight excluding hydrogens is 982 g/mol. The molecule has 0 atom stereocenters. The summed E-state index contributed by atoms with van der Waals surface area (Å²) < 4.78 is 31.0. The zero-order chi connectivity index (χ0) is 52.5. The molecule has 4 N–H and O–H groups in total. The Morgan fingerprint density at radius 2 is 1.24 bits per heavy atom. The lowest BCUT2D eigenvalue weighted by Crippen LogP contribution is -2.06.